The predicted molar refractivity (Wildman–Crippen MR) is 226 cm³/mol. The predicted octanol–water partition coefficient (Wildman–Crippen LogP) is 14.6. The van der Waals surface area contributed by atoms with Crippen molar-refractivity contribution < 1.29 is 4.11 Å². The highest BCUT2D eigenvalue weighted by atomic mass is 15.1. The van der Waals surface area contributed by atoms with Crippen molar-refractivity contribution in [2.45, 2.75) is 0 Å². The van der Waals surface area contributed by atoms with Gasteiger partial charge in [0, 0.05) is 16.8 Å². The van der Waals surface area contributed by atoms with Crippen molar-refractivity contribution in [1.29, 1.82) is 0 Å². The van der Waals surface area contributed by atoms with Gasteiger partial charge in [0.2, 0.25) is 0 Å². The molecule has 0 aliphatic rings. The SMILES string of the molecule is [2H]c1c([2H])c(N(c2ccc(-c3c(-c4ccccc4)ccc4ccccc34)cc2)c2ccccc2-c2ccccc2)c(-c2ccccc2)c([2H])c1-c1ccccc1. The second kappa shape index (κ2) is 14.3. The van der Waals surface area contributed by atoms with Crippen LogP contribution in [0.5, 0.6) is 0 Å². The molecule has 0 unspecified atom stereocenters. The molecule has 0 amide bonds. The van der Waals surface area contributed by atoms with Crippen molar-refractivity contribution in [2.24, 2.45) is 0 Å². The zero-order valence-electron chi connectivity index (χ0n) is 32.1. The molecular weight excluding hydrogens is 639 g/mol. The van der Waals surface area contributed by atoms with Gasteiger partial charge in [0.25, 0.3) is 0 Å². The maximum Gasteiger partial charge on any atom is 0.0645 e. The van der Waals surface area contributed by atoms with Crippen LogP contribution in [-0.2, 0) is 0 Å². The Morgan fingerprint density at radius 3 is 1.51 bits per heavy atom. The van der Waals surface area contributed by atoms with Crippen LogP contribution >= 0.6 is 0 Å². The number of benzene rings is 9. The van der Waals surface area contributed by atoms with Gasteiger partial charge in [-0.2, -0.15) is 0 Å². The van der Waals surface area contributed by atoms with Gasteiger partial charge in [-0.15, -0.1) is 0 Å². The molecule has 0 spiro atoms. The van der Waals surface area contributed by atoms with Crippen LogP contribution in [0.2, 0.25) is 0 Å². The minimum Gasteiger partial charge on any atom is -0.309 e. The Morgan fingerprint density at radius 2 is 0.849 bits per heavy atom. The minimum atomic E-state index is 0.0120. The van der Waals surface area contributed by atoms with Crippen molar-refractivity contribution in [1.82, 2.24) is 0 Å². The highest BCUT2D eigenvalue weighted by Gasteiger charge is 2.22. The summed E-state index contributed by atoms with van der Waals surface area (Å²) in [7, 11) is 0. The average molecular weight is 679 g/mol. The summed E-state index contributed by atoms with van der Waals surface area (Å²) in [4.78, 5) is 2.09. The summed E-state index contributed by atoms with van der Waals surface area (Å²) >= 11 is 0. The lowest BCUT2D eigenvalue weighted by molar-refractivity contribution is 1.28. The second-order valence-corrected chi connectivity index (χ2v) is 13.0. The van der Waals surface area contributed by atoms with Crippen LogP contribution in [0, 0.1) is 0 Å². The maximum absolute atomic E-state index is 9.85. The van der Waals surface area contributed by atoms with E-state index in [0.717, 1.165) is 55.9 Å². The number of anilines is 3. The van der Waals surface area contributed by atoms with Crippen molar-refractivity contribution in [3.63, 3.8) is 0 Å². The molecule has 0 aliphatic carbocycles. The van der Waals surface area contributed by atoms with E-state index in [1.54, 1.807) is 0 Å². The van der Waals surface area contributed by atoms with E-state index in [9.17, 15) is 4.11 Å². The molecule has 1 heteroatoms. The van der Waals surface area contributed by atoms with Gasteiger partial charge in [0.05, 0.1) is 15.5 Å². The number of hydrogen-bond donors (Lipinski definition) is 0. The van der Waals surface area contributed by atoms with E-state index in [2.05, 4.69) is 114 Å². The molecule has 53 heavy (non-hydrogen) atoms. The van der Waals surface area contributed by atoms with Gasteiger partial charge in [-0.05, 0) is 85.6 Å². The molecule has 0 aromatic heterocycles. The quantitative estimate of drug-likeness (QED) is 0.155. The van der Waals surface area contributed by atoms with Gasteiger partial charge in [-0.25, -0.2) is 0 Å². The van der Waals surface area contributed by atoms with E-state index in [1.165, 1.54) is 10.8 Å². The summed E-state index contributed by atoms with van der Waals surface area (Å²) in [5, 5.41) is 2.34. The first-order valence-corrected chi connectivity index (χ1v) is 18.0. The molecule has 9 rings (SSSR count). The molecule has 0 aliphatic heterocycles. The molecule has 0 fully saturated rings. The molecular formula is C52H37N. The summed E-state index contributed by atoms with van der Waals surface area (Å²) in [5.74, 6) is 0. The van der Waals surface area contributed by atoms with Crippen LogP contribution in [0.4, 0.5) is 17.1 Å². The smallest absolute Gasteiger partial charge is 0.0645 e. The standard InChI is InChI=1S/C52H37N/c1-5-17-38(18-6-1)44-32-36-51(49(37-44)41-23-11-4-12-24-41)53(50-28-16-15-26-46(50)39-19-7-2-8-20-39)45-33-29-43(30-34-45)52-47-27-14-13-25-42(47)31-35-48(52)40-21-9-3-10-22-40/h1-37H/i32D,36D,37D. The van der Waals surface area contributed by atoms with Crippen LogP contribution in [0.15, 0.2) is 224 Å². The van der Waals surface area contributed by atoms with Gasteiger partial charge in [0.15, 0.2) is 0 Å². The molecule has 0 saturated carbocycles. The van der Waals surface area contributed by atoms with Crippen LogP contribution in [0.3, 0.4) is 0 Å². The average Bonchev–Trinajstić information content (AvgIpc) is 3.27. The lowest BCUT2D eigenvalue weighted by atomic mass is 9.89. The summed E-state index contributed by atoms with van der Waals surface area (Å²) in [5.41, 5.74) is 11.2. The topological polar surface area (TPSA) is 3.24 Å². The molecule has 250 valence electrons. The molecule has 1 nitrogen and oxygen atoms in total. The van der Waals surface area contributed by atoms with Gasteiger partial charge in [-0.3, -0.25) is 0 Å². The lowest BCUT2D eigenvalue weighted by Crippen LogP contribution is -2.12. The Hall–Kier alpha value is -6.96. The molecule has 0 N–H and O–H groups in total. The summed E-state index contributed by atoms with van der Waals surface area (Å²) in [6.07, 6.45) is 0. The number of fused-ring (bicyclic) bond motifs is 1. The van der Waals surface area contributed by atoms with Crippen LogP contribution in [-0.4, -0.2) is 0 Å². The minimum absolute atomic E-state index is 0.0120. The van der Waals surface area contributed by atoms with Crippen molar-refractivity contribution in [3.8, 4) is 55.6 Å². The normalized spacial score (nSPS) is 11.8. The number of rotatable bonds is 8. The first kappa shape index (κ1) is 28.7. The Bertz CT molecular complexity index is 2800. The van der Waals surface area contributed by atoms with Gasteiger partial charge >= 0.3 is 0 Å². The van der Waals surface area contributed by atoms with Crippen molar-refractivity contribution in [3.05, 3.63) is 224 Å². The number of hydrogen-bond acceptors (Lipinski definition) is 1. The van der Waals surface area contributed by atoms with E-state index in [4.69, 9.17) is 0 Å². The fraction of sp³-hybridized carbons (Fsp3) is 0. The highest BCUT2D eigenvalue weighted by molar-refractivity contribution is 6.04. The monoisotopic (exact) mass is 678 g/mol. The molecule has 0 heterocycles. The Balaban J connectivity index is 1.33. The van der Waals surface area contributed by atoms with Gasteiger partial charge in [0.1, 0.15) is 0 Å². The third-order valence-corrected chi connectivity index (χ3v) is 9.80. The first-order chi connectivity index (χ1) is 27.6. The third kappa shape index (κ3) is 6.30. The van der Waals surface area contributed by atoms with E-state index in [1.807, 2.05) is 97.1 Å². The molecule has 9 aromatic carbocycles. The molecule has 9 aromatic rings. The van der Waals surface area contributed by atoms with Crippen molar-refractivity contribution >= 4 is 27.8 Å². The Labute approximate surface area is 315 Å². The molecule has 0 bridgehead atoms. The summed E-state index contributed by atoms with van der Waals surface area (Å²) < 4.78 is 29.2. The Morgan fingerprint density at radius 1 is 0.321 bits per heavy atom. The van der Waals surface area contributed by atoms with E-state index in [-0.39, 0.29) is 18.1 Å². The zero-order valence-corrected chi connectivity index (χ0v) is 29.1. The Kier molecular flexibility index (Phi) is 7.77. The molecule has 0 atom stereocenters. The third-order valence-electron chi connectivity index (χ3n) is 9.80. The lowest BCUT2D eigenvalue weighted by Gasteiger charge is -2.30. The van der Waals surface area contributed by atoms with E-state index in [0.29, 0.717) is 16.8 Å². The summed E-state index contributed by atoms with van der Waals surface area (Å²) in [6, 6.07) is 70.1. The van der Waals surface area contributed by atoms with Crippen LogP contribution < -0.4 is 4.90 Å². The summed E-state index contributed by atoms with van der Waals surface area (Å²) in [6.45, 7) is 0. The van der Waals surface area contributed by atoms with E-state index < -0.39 is 0 Å². The number of para-hydroxylation sites is 1. The van der Waals surface area contributed by atoms with E-state index >= 15 is 0 Å². The molecule has 0 saturated heterocycles. The van der Waals surface area contributed by atoms with Gasteiger partial charge < -0.3 is 4.90 Å². The molecule has 0 radical (unpaired) electrons. The largest absolute Gasteiger partial charge is 0.309 e. The first-order valence-electron chi connectivity index (χ1n) is 19.5. The second-order valence-electron chi connectivity index (χ2n) is 13.0. The maximum atomic E-state index is 9.85. The van der Waals surface area contributed by atoms with Crippen LogP contribution in [0.1, 0.15) is 4.11 Å². The van der Waals surface area contributed by atoms with Crippen LogP contribution in [0.25, 0.3) is 66.4 Å². The van der Waals surface area contributed by atoms with Gasteiger partial charge in [-0.1, -0.05) is 194 Å². The van der Waals surface area contributed by atoms with Crippen molar-refractivity contribution in [2.75, 3.05) is 4.90 Å². The highest BCUT2D eigenvalue weighted by Crippen LogP contribution is 2.47. The number of nitrogens with zero attached hydrogens (tertiary/aromatic N) is 1. The fourth-order valence-electron chi connectivity index (χ4n) is 7.27. The zero-order chi connectivity index (χ0) is 38.0. The fourth-order valence-corrected chi connectivity index (χ4v) is 7.27.